The van der Waals surface area contributed by atoms with Gasteiger partial charge in [-0.15, -0.1) is 0 Å². The zero-order valence-corrected chi connectivity index (χ0v) is 14.7. The van der Waals surface area contributed by atoms with Crippen molar-refractivity contribution in [3.8, 4) is 5.75 Å². The summed E-state index contributed by atoms with van der Waals surface area (Å²) in [6, 6.07) is 13.1. The summed E-state index contributed by atoms with van der Waals surface area (Å²) in [5, 5.41) is 14.1. The molecule has 1 aromatic heterocycles. The lowest BCUT2D eigenvalue weighted by Crippen LogP contribution is -2.12. The predicted octanol–water partition coefficient (Wildman–Crippen LogP) is 5.37. The van der Waals surface area contributed by atoms with E-state index in [2.05, 4.69) is 22.9 Å². The Hall–Kier alpha value is -2.20. The first-order chi connectivity index (χ1) is 11.6. The van der Waals surface area contributed by atoms with E-state index in [4.69, 9.17) is 16.6 Å². The number of unbranched alkanes of at least 4 members (excludes halogenated alkanes) is 1. The van der Waals surface area contributed by atoms with Crippen LogP contribution in [0.2, 0.25) is 5.02 Å². The number of imidazole rings is 1. The number of halogens is 1. The summed E-state index contributed by atoms with van der Waals surface area (Å²) in [7, 11) is 0. The molecule has 0 aliphatic rings. The highest BCUT2D eigenvalue weighted by atomic mass is 35.5. The van der Waals surface area contributed by atoms with E-state index in [1.165, 1.54) is 0 Å². The van der Waals surface area contributed by atoms with Gasteiger partial charge in [0, 0.05) is 17.1 Å². The number of nitrogens with one attached hydrogen (secondary N) is 1. The molecule has 1 atom stereocenters. The van der Waals surface area contributed by atoms with Crippen LogP contribution < -0.4 is 5.32 Å². The minimum atomic E-state index is -0.110. The van der Waals surface area contributed by atoms with Crippen molar-refractivity contribution in [2.75, 3.05) is 5.32 Å². The van der Waals surface area contributed by atoms with Crippen molar-refractivity contribution >= 4 is 28.6 Å². The molecule has 0 radical (unpaired) electrons. The lowest BCUT2D eigenvalue weighted by atomic mass is 10.1. The van der Waals surface area contributed by atoms with E-state index in [0.29, 0.717) is 5.02 Å². The van der Waals surface area contributed by atoms with Gasteiger partial charge >= 0.3 is 0 Å². The topological polar surface area (TPSA) is 50.1 Å². The van der Waals surface area contributed by atoms with Gasteiger partial charge in [-0.1, -0.05) is 37.1 Å². The molecule has 0 aliphatic heterocycles. The molecule has 2 aromatic carbocycles. The molecule has 3 aromatic rings. The Morgan fingerprint density at radius 2 is 2.04 bits per heavy atom. The first-order valence-electron chi connectivity index (χ1n) is 8.30. The van der Waals surface area contributed by atoms with E-state index < -0.39 is 0 Å². The van der Waals surface area contributed by atoms with Crippen LogP contribution in [0.25, 0.3) is 11.0 Å². The second-order valence-corrected chi connectivity index (χ2v) is 6.43. The van der Waals surface area contributed by atoms with E-state index in [1.807, 2.05) is 25.1 Å². The standard InChI is InChI=1S/C19H22ClN3O/c1-3-4-11-23-17-8-6-5-7-16(17)22-19(23)21-13(2)15-12-14(20)9-10-18(15)24/h5-10,12-13,24H,3-4,11H2,1-2H3,(H,21,22)/t13-/m0/s1. The van der Waals surface area contributed by atoms with E-state index in [1.54, 1.807) is 18.2 Å². The molecule has 3 rings (SSSR count). The summed E-state index contributed by atoms with van der Waals surface area (Å²) in [4.78, 5) is 4.72. The molecule has 0 bridgehead atoms. The Morgan fingerprint density at radius 1 is 1.25 bits per heavy atom. The van der Waals surface area contributed by atoms with Gasteiger partial charge in [0.2, 0.25) is 5.95 Å². The van der Waals surface area contributed by atoms with Crippen molar-refractivity contribution < 1.29 is 5.11 Å². The maximum Gasteiger partial charge on any atom is 0.204 e. The number of rotatable bonds is 6. The lowest BCUT2D eigenvalue weighted by Gasteiger charge is -2.18. The highest BCUT2D eigenvalue weighted by Crippen LogP contribution is 2.30. The van der Waals surface area contributed by atoms with Crippen molar-refractivity contribution in [2.45, 2.75) is 39.3 Å². The van der Waals surface area contributed by atoms with E-state index in [9.17, 15) is 5.11 Å². The number of fused-ring (bicyclic) bond motifs is 1. The van der Waals surface area contributed by atoms with Gasteiger partial charge in [0.25, 0.3) is 0 Å². The second kappa shape index (κ2) is 7.14. The Morgan fingerprint density at radius 3 is 2.83 bits per heavy atom. The lowest BCUT2D eigenvalue weighted by molar-refractivity contribution is 0.465. The number of aromatic nitrogens is 2. The molecule has 0 amide bonds. The molecule has 2 N–H and O–H groups in total. The van der Waals surface area contributed by atoms with Crippen LogP contribution in [0.15, 0.2) is 42.5 Å². The molecule has 0 saturated carbocycles. The van der Waals surface area contributed by atoms with Crippen molar-refractivity contribution in [1.82, 2.24) is 9.55 Å². The van der Waals surface area contributed by atoms with Gasteiger partial charge < -0.3 is 15.0 Å². The summed E-state index contributed by atoms with van der Waals surface area (Å²) in [5.74, 6) is 1.05. The molecular weight excluding hydrogens is 322 g/mol. The number of anilines is 1. The monoisotopic (exact) mass is 343 g/mol. The minimum Gasteiger partial charge on any atom is -0.508 e. The summed E-state index contributed by atoms with van der Waals surface area (Å²) < 4.78 is 2.21. The molecule has 126 valence electrons. The van der Waals surface area contributed by atoms with Crippen LogP contribution in [0.3, 0.4) is 0 Å². The first kappa shape index (κ1) is 16.7. The number of hydrogen-bond acceptors (Lipinski definition) is 3. The Balaban J connectivity index is 1.95. The van der Waals surface area contributed by atoms with Crippen LogP contribution >= 0.6 is 11.6 Å². The van der Waals surface area contributed by atoms with Crippen molar-refractivity contribution in [3.05, 3.63) is 53.1 Å². The summed E-state index contributed by atoms with van der Waals surface area (Å²) in [5.41, 5.74) is 2.85. The van der Waals surface area contributed by atoms with Crippen LogP contribution in [0, 0.1) is 0 Å². The Kier molecular flexibility index (Phi) is 4.95. The van der Waals surface area contributed by atoms with Gasteiger partial charge in [0.1, 0.15) is 5.75 Å². The third-order valence-electron chi connectivity index (χ3n) is 4.19. The molecule has 0 aliphatic carbocycles. The molecule has 1 heterocycles. The highest BCUT2D eigenvalue weighted by molar-refractivity contribution is 6.30. The molecule has 0 spiro atoms. The van der Waals surface area contributed by atoms with Crippen molar-refractivity contribution in [3.63, 3.8) is 0 Å². The molecular formula is C19H22ClN3O. The first-order valence-corrected chi connectivity index (χ1v) is 8.68. The number of phenolic OH excluding ortho intramolecular Hbond substituents is 1. The fraction of sp³-hybridized carbons (Fsp3) is 0.316. The minimum absolute atomic E-state index is 0.110. The van der Waals surface area contributed by atoms with Crippen LogP contribution in [0.4, 0.5) is 5.95 Å². The van der Waals surface area contributed by atoms with Crippen molar-refractivity contribution in [1.29, 1.82) is 0 Å². The summed E-state index contributed by atoms with van der Waals surface area (Å²) in [6.45, 7) is 5.08. The Labute approximate surface area is 147 Å². The maximum atomic E-state index is 10.1. The van der Waals surface area contributed by atoms with Crippen LogP contribution in [0.5, 0.6) is 5.75 Å². The maximum absolute atomic E-state index is 10.1. The zero-order chi connectivity index (χ0) is 17.1. The zero-order valence-electron chi connectivity index (χ0n) is 14.0. The smallest absolute Gasteiger partial charge is 0.204 e. The number of benzene rings is 2. The van der Waals surface area contributed by atoms with Crippen LogP contribution in [0.1, 0.15) is 38.3 Å². The number of para-hydroxylation sites is 2. The quantitative estimate of drug-likeness (QED) is 0.632. The number of aryl methyl sites for hydroxylation is 1. The molecule has 0 saturated heterocycles. The highest BCUT2D eigenvalue weighted by Gasteiger charge is 2.16. The van der Waals surface area contributed by atoms with E-state index >= 15 is 0 Å². The largest absolute Gasteiger partial charge is 0.508 e. The summed E-state index contributed by atoms with van der Waals surface area (Å²) in [6.07, 6.45) is 2.21. The number of aromatic hydroxyl groups is 1. The van der Waals surface area contributed by atoms with Crippen LogP contribution in [-0.2, 0) is 6.54 Å². The molecule has 0 fully saturated rings. The van der Waals surface area contributed by atoms with E-state index in [0.717, 1.165) is 41.9 Å². The van der Waals surface area contributed by atoms with Gasteiger partial charge in [-0.2, -0.15) is 0 Å². The molecule has 4 nitrogen and oxygen atoms in total. The van der Waals surface area contributed by atoms with Crippen LogP contribution in [-0.4, -0.2) is 14.7 Å². The van der Waals surface area contributed by atoms with Gasteiger partial charge in [0.05, 0.1) is 17.1 Å². The van der Waals surface area contributed by atoms with Gasteiger partial charge in [0.15, 0.2) is 0 Å². The third-order valence-corrected chi connectivity index (χ3v) is 4.43. The van der Waals surface area contributed by atoms with Gasteiger partial charge in [-0.3, -0.25) is 0 Å². The number of nitrogens with zero attached hydrogens (tertiary/aromatic N) is 2. The Bertz CT molecular complexity index is 844. The number of hydrogen-bond donors (Lipinski definition) is 2. The second-order valence-electron chi connectivity index (χ2n) is 6.00. The normalized spacial score (nSPS) is 12.5. The molecule has 24 heavy (non-hydrogen) atoms. The molecule has 0 unspecified atom stereocenters. The average Bonchev–Trinajstić information content (AvgIpc) is 2.92. The summed E-state index contributed by atoms with van der Waals surface area (Å²) >= 11 is 6.07. The van der Waals surface area contributed by atoms with E-state index in [-0.39, 0.29) is 11.8 Å². The predicted molar refractivity (Wildman–Crippen MR) is 99.8 cm³/mol. The third kappa shape index (κ3) is 3.34. The number of phenols is 1. The SMILES string of the molecule is CCCCn1c(N[C@@H](C)c2cc(Cl)ccc2O)nc2ccccc21. The van der Waals surface area contributed by atoms with Gasteiger partial charge in [-0.25, -0.2) is 4.98 Å². The van der Waals surface area contributed by atoms with Gasteiger partial charge in [-0.05, 0) is 43.7 Å². The fourth-order valence-electron chi connectivity index (χ4n) is 2.87. The average molecular weight is 344 g/mol. The fourth-order valence-corrected chi connectivity index (χ4v) is 3.05. The molecule has 5 heteroatoms. The van der Waals surface area contributed by atoms with Crippen molar-refractivity contribution in [2.24, 2.45) is 0 Å².